The van der Waals surface area contributed by atoms with Gasteiger partial charge in [0.05, 0.1) is 5.39 Å². The molecule has 0 bridgehead atoms. The van der Waals surface area contributed by atoms with E-state index in [1.807, 2.05) is 0 Å². The van der Waals surface area contributed by atoms with Crippen LogP contribution in [0.2, 0.25) is 0 Å². The lowest BCUT2D eigenvalue weighted by atomic mass is 10.2. The van der Waals surface area contributed by atoms with Crippen molar-refractivity contribution in [1.29, 1.82) is 0 Å². The molecule has 0 radical (unpaired) electrons. The van der Waals surface area contributed by atoms with Crippen LogP contribution in [0.4, 0.5) is 11.8 Å². The van der Waals surface area contributed by atoms with Crippen LogP contribution in [0.1, 0.15) is 18.7 Å². The Morgan fingerprint density at radius 2 is 2.26 bits per heavy atom. The minimum atomic E-state index is -0.479. The van der Waals surface area contributed by atoms with Gasteiger partial charge in [0.1, 0.15) is 16.7 Å². The molecule has 0 aromatic carbocycles. The van der Waals surface area contributed by atoms with Gasteiger partial charge in [-0.25, -0.2) is 4.98 Å². The number of rotatable bonds is 5. The summed E-state index contributed by atoms with van der Waals surface area (Å²) in [6.45, 7) is 3.80. The molecule has 0 saturated heterocycles. The number of primary amides is 1. The Balaban J connectivity index is 2.49. The second-order valence-corrected chi connectivity index (χ2v) is 5.31. The van der Waals surface area contributed by atoms with E-state index in [0.29, 0.717) is 11.8 Å². The van der Waals surface area contributed by atoms with E-state index in [1.54, 1.807) is 25.3 Å². The second kappa shape index (κ2) is 5.40. The number of carbonyl (C=O) groups excluding carboxylic acids is 1. The van der Waals surface area contributed by atoms with Gasteiger partial charge in [-0.1, -0.05) is 6.92 Å². The van der Waals surface area contributed by atoms with Crippen molar-refractivity contribution in [3.63, 3.8) is 0 Å². The fourth-order valence-corrected chi connectivity index (χ4v) is 2.61. The molecule has 1 unspecified atom stereocenters. The fraction of sp³-hybridized carbons (Fsp3) is 0.417. The Labute approximate surface area is 115 Å². The van der Waals surface area contributed by atoms with E-state index in [1.165, 1.54) is 4.88 Å². The third-order valence-corrected chi connectivity index (χ3v) is 3.97. The monoisotopic (exact) mass is 279 g/mol. The summed E-state index contributed by atoms with van der Waals surface area (Å²) in [4.78, 5) is 22.1. The summed E-state index contributed by atoms with van der Waals surface area (Å²) in [6.07, 6.45) is 0.945. The second-order valence-electron chi connectivity index (χ2n) is 4.20. The number of fused-ring (bicyclic) bond motifs is 1. The van der Waals surface area contributed by atoms with Crippen molar-refractivity contribution >= 4 is 39.2 Å². The van der Waals surface area contributed by atoms with Gasteiger partial charge in [-0.3, -0.25) is 4.79 Å². The maximum atomic E-state index is 11.2. The Hall–Kier alpha value is -1.89. The quantitative estimate of drug-likeness (QED) is 0.772. The highest BCUT2D eigenvalue weighted by atomic mass is 32.1. The standard InChI is InChI=1S/C12H17N5OS/c1-4-7-5-8-10(15-6(2)9(13)18)16-12(14-3)17-11(8)19-7/h5-6H,4H2,1-3H3,(H2,13,18)(H2,14,15,16,17). The average molecular weight is 279 g/mol. The lowest BCUT2D eigenvalue weighted by Gasteiger charge is -2.12. The Bertz CT molecular complexity index is 609. The van der Waals surface area contributed by atoms with Gasteiger partial charge in [-0.2, -0.15) is 4.98 Å². The summed E-state index contributed by atoms with van der Waals surface area (Å²) in [5, 5.41) is 6.88. The number of anilines is 2. The van der Waals surface area contributed by atoms with Gasteiger partial charge in [0.15, 0.2) is 0 Å². The van der Waals surface area contributed by atoms with Crippen LogP contribution >= 0.6 is 11.3 Å². The number of nitrogens with two attached hydrogens (primary N) is 1. The summed E-state index contributed by atoms with van der Waals surface area (Å²) in [5.41, 5.74) is 5.27. The van der Waals surface area contributed by atoms with Crippen LogP contribution in [0.25, 0.3) is 10.2 Å². The van der Waals surface area contributed by atoms with Crippen molar-refractivity contribution in [2.45, 2.75) is 26.3 Å². The van der Waals surface area contributed by atoms with Crippen LogP contribution < -0.4 is 16.4 Å². The minimum absolute atomic E-state index is 0.413. The summed E-state index contributed by atoms with van der Waals surface area (Å²) in [6, 6.07) is 1.57. The highest BCUT2D eigenvalue weighted by Gasteiger charge is 2.15. The van der Waals surface area contributed by atoms with Crippen LogP contribution in [0.5, 0.6) is 0 Å². The number of thiophene rings is 1. The molecule has 19 heavy (non-hydrogen) atoms. The predicted octanol–water partition coefficient (Wildman–Crippen LogP) is 1.58. The molecule has 0 saturated carbocycles. The van der Waals surface area contributed by atoms with Gasteiger partial charge in [-0.15, -0.1) is 11.3 Å². The molecule has 0 aliphatic carbocycles. The number of carbonyl (C=O) groups is 1. The SMILES string of the molecule is CCc1cc2c(NC(C)C(N)=O)nc(NC)nc2s1. The maximum Gasteiger partial charge on any atom is 0.239 e. The topological polar surface area (TPSA) is 92.9 Å². The summed E-state index contributed by atoms with van der Waals surface area (Å²) in [5.74, 6) is 0.747. The van der Waals surface area contributed by atoms with Crippen LogP contribution in [0.15, 0.2) is 6.07 Å². The zero-order valence-corrected chi connectivity index (χ0v) is 12.0. The molecule has 1 atom stereocenters. The number of hydrogen-bond acceptors (Lipinski definition) is 6. The van der Waals surface area contributed by atoms with Crippen LogP contribution in [0.3, 0.4) is 0 Å². The summed E-state index contributed by atoms with van der Waals surface area (Å²) >= 11 is 1.63. The Morgan fingerprint density at radius 3 is 2.84 bits per heavy atom. The van der Waals surface area contributed by atoms with E-state index in [2.05, 4.69) is 33.6 Å². The molecule has 0 aliphatic rings. The molecule has 0 spiro atoms. The van der Waals surface area contributed by atoms with Crippen LogP contribution in [-0.4, -0.2) is 29.0 Å². The van der Waals surface area contributed by atoms with E-state index in [4.69, 9.17) is 5.73 Å². The van der Waals surface area contributed by atoms with Crippen molar-refractivity contribution in [2.24, 2.45) is 5.73 Å². The summed E-state index contributed by atoms with van der Waals surface area (Å²) < 4.78 is 0. The molecule has 0 fully saturated rings. The molecule has 6 nitrogen and oxygen atoms in total. The molecule has 0 aliphatic heterocycles. The Kier molecular flexibility index (Phi) is 3.84. The first-order valence-corrected chi connectivity index (χ1v) is 6.90. The minimum Gasteiger partial charge on any atom is -0.368 e. The maximum absolute atomic E-state index is 11.2. The van der Waals surface area contributed by atoms with Crippen molar-refractivity contribution < 1.29 is 4.79 Å². The van der Waals surface area contributed by atoms with Gasteiger partial charge in [0, 0.05) is 11.9 Å². The highest BCUT2D eigenvalue weighted by Crippen LogP contribution is 2.30. The molecule has 2 aromatic heterocycles. The van der Waals surface area contributed by atoms with E-state index >= 15 is 0 Å². The van der Waals surface area contributed by atoms with Gasteiger partial charge < -0.3 is 16.4 Å². The molecule has 2 aromatic rings. The number of nitrogens with one attached hydrogen (secondary N) is 2. The molecule has 7 heteroatoms. The molecule has 1 amide bonds. The normalized spacial score (nSPS) is 12.4. The van der Waals surface area contributed by atoms with Gasteiger partial charge >= 0.3 is 0 Å². The van der Waals surface area contributed by atoms with Gasteiger partial charge in [-0.05, 0) is 19.4 Å². The number of aryl methyl sites for hydroxylation is 1. The number of nitrogens with zero attached hydrogens (tertiary/aromatic N) is 2. The van der Waals surface area contributed by atoms with Crippen LogP contribution in [0, 0.1) is 0 Å². The van der Waals surface area contributed by atoms with Gasteiger partial charge in [0.2, 0.25) is 11.9 Å². The molecule has 102 valence electrons. The van der Waals surface area contributed by atoms with Crippen molar-refractivity contribution in [3.8, 4) is 0 Å². The van der Waals surface area contributed by atoms with E-state index < -0.39 is 11.9 Å². The van der Waals surface area contributed by atoms with E-state index in [0.717, 1.165) is 16.6 Å². The van der Waals surface area contributed by atoms with Crippen molar-refractivity contribution in [2.75, 3.05) is 17.7 Å². The third kappa shape index (κ3) is 2.76. The first-order chi connectivity index (χ1) is 9.05. The third-order valence-electron chi connectivity index (χ3n) is 2.80. The first-order valence-electron chi connectivity index (χ1n) is 6.09. The lowest BCUT2D eigenvalue weighted by molar-refractivity contribution is -0.118. The smallest absolute Gasteiger partial charge is 0.239 e. The van der Waals surface area contributed by atoms with Crippen LogP contribution in [-0.2, 0) is 11.2 Å². The lowest BCUT2D eigenvalue weighted by Crippen LogP contribution is -2.32. The highest BCUT2D eigenvalue weighted by molar-refractivity contribution is 7.18. The predicted molar refractivity (Wildman–Crippen MR) is 78.6 cm³/mol. The number of hydrogen-bond donors (Lipinski definition) is 3. The van der Waals surface area contributed by atoms with E-state index in [-0.39, 0.29) is 0 Å². The Morgan fingerprint density at radius 1 is 1.53 bits per heavy atom. The largest absolute Gasteiger partial charge is 0.368 e. The summed E-state index contributed by atoms with van der Waals surface area (Å²) in [7, 11) is 1.76. The zero-order valence-electron chi connectivity index (χ0n) is 11.2. The molecule has 2 rings (SSSR count). The molecule has 2 heterocycles. The average Bonchev–Trinajstić information content (AvgIpc) is 2.81. The van der Waals surface area contributed by atoms with Gasteiger partial charge in [0.25, 0.3) is 0 Å². The molecular weight excluding hydrogens is 262 g/mol. The fourth-order valence-electron chi connectivity index (χ4n) is 1.64. The number of amides is 1. The van der Waals surface area contributed by atoms with E-state index in [9.17, 15) is 4.79 Å². The van der Waals surface area contributed by atoms with Crippen molar-refractivity contribution in [3.05, 3.63) is 10.9 Å². The molecular formula is C12H17N5OS. The first kappa shape index (κ1) is 13.5. The number of aromatic nitrogens is 2. The molecule has 4 N–H and O–H groups in total. The zero-order chi connectivity index (χ0) is 14.0. The van der Waals surface area contributed by atoms with Crippen molar-refractivity contribution in [1.82, 2.24) is 9.97 Å².